The first-order valence-corrected chi connectivity index (χ1v) is 9.51. The topological polar surface area (TPSA) is 50.8 Å². The molecule has 142 valence electrons. The zero-order valence-corrected chi connectivity index (χ0v) is 15.9. The van der Waals surface area contributed by atoms with Crippen molar-refractivity contribution in [3.8, 4) is 11.5 Å². The molecule has 2 atom stereocenters. The van der Waals surface area contributed by atoms with E-state index < -0.39 is 0 Å². The Kier molecular flexibility index (Phi) is 5.03. The molecule has 0 aliphatic carbocycles. The first kappa shape index (κ1) is 17.9. The molecular weight excluding hydrogens is 340 g/mol. The first-order valence-electron chi connectivity index (χ1n) is 9.51. The average molecular weight is 366 g/mol. The van der Waals surface area contributed by atoms with Gasteiger partial charge in [0.25, 0.3) is 5.91 Å². The van der Waals surface area contributed by atoms with Gasteiger partial charge in [-0.15, -0.1) is 0 Å². The van der Waals surface area contributed by atoms with Crippen molar-refractivity contribution in [3.63, 3.8) is 0 Å². The summed E-state index contributed by atoms with van der Waals surface area (Å²) in [6.07, 6.45) is 2.94. The Morgan fingerprint density at radius 2 is 1.78 bits per heavy atom. The molecule has 5 heteroatoms. The summed E-state index contributed by atoms with van der Waals surface area (Å²) in [5, 5.41) is 3.22. The van der Waals surface area contributed by atoms with Crippen LogP contribution in [0, 0.1) is 0 Å². The first-order chi connectivity index (χ1) is 13.2. The number of ether oxygens (including phenoxy) is 2. The maximum Gasteiger partial charge on any atom is 0.251 e. The summed E-state index contributed by atoms with van der Waals surface area (Å²) < 4.78 is 10.9. The highest BCUT2D eigenvalue weighted by atomic mass is 16.5. The number of fused-ring (bicyclic) bond motifs is 2. The van der Waals surface area contributed by atoms with Crippen LogP contribution in [-0.4, -0.2) is 43.7 Å². The molecule has 0 aromatic heterocycles. The van der Waals surface area contributed by atoms with Crippen molar-refractivity contribution in [2.24, 2.45) is 0 Å². The Balaban J connectivity index is 1.46. The zero-order chi connectivity index (χ0) is 18.8. The summed E-state index contributed by atoms with van der Waals surface area (Å²) in [4.78, 5) is 15.0. The number of methoxy groups -OCH3 is 2. The van der Waals surface area contributed by atoms with Crippen molar-refractivity contribution >= 4 is 5.91 Å². The molecule has 1 saturated heterocycles. The Bertz CT molecular complexity index is 822. The minimum atomic E-state index is 0.0247. The van der Waals surface area contributed by atoms with Gasteiger partial charge in [0.1, 0.15) is 0 Å². The molecule has 5 nitrogen and oxygen atoms in total. The number of benzene rings is 2. The highest BCUT2D eigenvalue weighted by molar-refractivity contribution is 5.94. The number of nitrogens with zero attached hydrogens (tertiary/aromatic N) is 1. The zero-order valence-electron chi connectivity index (χ0n) is 15.9. The van der Waals surface area contributed by atoms with Crippen LogP contribution in [0.4, 0.5) is 0 Å². The predicted molar refractivity (Wildman–Crippen MR) is 104 cm³/mol. The van der Waals surface area contributed by atoms with Crippen molar-refractivity contribution in [3.05, 3.63) is 59.2 Å². The van der Waals surface area contributed by atoms with E-state index >= 15 is 0 Å². The van der Waals surface area contributed by atoms with Crippen LogP contribution in [0.5, 0.6) is 11.5 Å². The van der Waals surface area contributed by atoms with Gasteiger partial charge in [-0.2, -0.15) is 0 Å². The minimum absolute atomic E-state index is 0.0247. The van der Waals surface area contributed by atoms with E-state index in [-0.39, 0.29) is 11.9 Å². The van der Waals surface area contributed by atoms with E-state index in [4.69, 9.17) is 9.47 Å². The predicted octanol–water partition coefficient (Wildman–Crippen LogP) is 3.02. The molecule has 0 unspecified atom stereocenters. The summed E-state index contributed by atoms with van der Waals surface area (Å²) >= 11 is 0. The van der Waals surface area contributed by atoms with Crippen molar-refractivity contribution in [1.82, 2.24) is 10.2 Å². The molecule has 0 bridgehead atoms. The Morgan fingerprint density at radius 1 is 1.07 bits per heavy atom. The number of piperidine rings is 1. The molecule has 1 N–H and O–H groups in total. The molecule has 4 rings (SSSR count). The third-order valence-electron chi connectivity index (χ3n) is 5.74. The Hall–Kier alpha value is -2.53. The summed E-state index contributed by atoms with van der Waals surface area (Å²) in [5.41, 5.74) is 3.37. The Labute approximate surface area is 160 Å². The monoisotopic (exact) mass is 366 g/mol. The smallest absolute Gasteiger partial charge is 0.251 e. The molecule has 2 aliphatic heterocycles. The van der Waals surface area contributed by atoms with Crippen LogP contribution in [0.2, 0.25) is 0 Å². The quantitative estimate of drug-likeness (QED) is 0.904. The highest BCUT2D eigenvalue weighted by Gasteiger charge is 2.33. The molecular formula is C22H26N2O3. The lowest BCUT2D eigenvalue weighted by Gasteiger charge is -2.43. The molecule has 0 saturated carbocycles. The van der Waals surface area contributed by atoms with E-state index in [9.17, 15) is 4.79 Å². The van der Waals surface area contributed by atoms with E-state index in [1.807, 2.05) is 30.3 Å². The fraction of sp³-hybridized carbons (Fsp3) is 0.409. The van der Waals surface area contributed by atoms with Gasteiger partial charge in [-0.3, -0.25) is 9.69 Å². The minimum Gasteiger partial charge on any atom is -0.493 e. The number of hydrogen-bond donors (Lipinski definition) is 1. The van der Waals surface area contributed by atoms with Crippen LogP contribution in [0.3, 0.4) is 0 Å². The van der Waals surface area contributed by atoms with Crippen molar-refractivity contribution in [2.75, 3.05) is 20.8 Å². The molecule has 0 radical (unpaired) electrons. The molecule has 2 heterocycles. The third kappa shape index (κ3) is 3.65. The van der Waals surface area contributed by atoms with Crippen molar-refractivity contribution in [2.45, 2.75) is 37.9 Å². The highest BCUT2D eigenvalue weighted by Crippen LogP contribution is 2.36. The van der Waals surface area contributed by atoms with Gasteiger partial charge in [0.2, 0.25) is 0 Å². The SMILES string of the molecule is COc1cc2c(cc1OC)CN1CC[C@@H](NC(=O)c3ccccc3)C[C@@H]1C2. The van der Waals surface area contributed by atoms with Crippen LogP contribution < -0.4 is 14.8 Å². The fourth-order valence-electron chi connectivity index (χ4n) is 4.28. The van der Waals surface area contributed by atoms with Crippen molar-refractivity contribution in [1.29, 1.82) is 0 Å². The third-order valence-corrected chi connectivity index (χ3v) is 5.74. The van der Waals surface area contributed by atoms with Crippen molar-refractivity contribution < 1.29 is 14.3 Å². The van der Waals surface area contributed by atoms with Gasteiger partial charge in [0.05, 0.1) is 14.2 Å². The Morgan fingerprint density at radius 3 is 2.48 bits per heavy atom. The van der Waals surface area contributed by atoms with Crippen LogP contribution in [0.25, 0.3) is 0 Å². The van der Waals surface area contributed by atoms with Gasteiger partial charge >= 0.3 is 0 Å². The molecule has 2 aromatic rings. The summed E-state index contributed by atoms with van der Waals surface area (Å²) in [6, 6.07) is 14.3. The second kappa shape index (κ2) is 7.61. The number of nitrogens with one attached hydrogen (secondary N) is 1. The van der Waals surface area contributed by atoms with E-state index in [2.05, 4.69) is 22.3 Å². The van der Waals surface area contributed by atoms with Gasteiger partial charge in [-0.05, 0) is 54.7 Å². The number of carbonyl (C=O) groups excluding carboxylic acids is 1. The second-order valence-corrected chi connectivity index (χ2v) is 7.37. The molecule has 1 amide bonds. The standard InChI is InChI=1S/C22H26N2O3/c1-26-20-11-16-10-19-13-18(23-22(25)15-6-4-3-5-7-15)8-9-24(19)14-17(16)12-21(20)27-2/h3-7,11-12,18-19H,8-10,13-14H2,1-2H3,(H,23,25)/t18-,19+/m1/s1. The molecule has 27 heavy (non-hydrogen) atoms. The van der Waals surface area contributed by atoms with Crippen LogP contribution in [0.15, 0.2) is 42.5 Å². The molecule has 1 fully saturated rings. The fourth-order valence-corrected chi connectivity index (χ4v) is 4.28. The lowest BCUT2D eigenvalue weighted by atomic mass is 9.86. The summed E-state index contributed by atoms with van der Waals surface area (Å²) in [5.74, 6) is 1.60. The van der Waals surface area contributed by atoms with E-state index in [1.54, 1.807) is 14.2 Å². The average Bonchev–Trinajstić information content (AvgIpc) is 2.71. The van der Waals surface area contributed by atoms with Crippen LogP contribution >= 0.6 is 0 Å². The largest absolute Gasteiger partial charge is 0.493 e. The van der Waals surface area contributed by atoms with E-state index in [1.165, 1.54) is 11.1 Å². The van der Waals surface area contributed by atoms with Gasteiger partial charge in [-0.25, -0.2) is 0 Å². The second-order valence-electron chi connectivity index (χ2n) is 7.37. The summed E-state index contributed by atoms with van der Waals surface area (Å²) in [7, 11) is 3.35. The maximum absolute atomic E-state index is 12.5. The number of carbonyl (C=O) groups is 1. The van der Waals surface area contributed by atoms with E-state index in [0.717, 1.165) is 49.4 Å². The lowest BCUT2D eigenvalue weighted by Crippen LogP contribution is -2.52. The van der Waals surface area contributed by atoms with Gasteiger partial charge in [0.15, 0.2) is 11.5 Å². The number of amides is 1. The van der Waals surface area contributed by atoms with Crippen LogP contribution in [-0.2, 0) is 13.0 Å². The van der Waals surface area contributed by atoms with E-state index in [0.29, 0.717) is 6.04 Å². The summed E-state index contributed by atoms with van der Waals surface area (Å²) in [6.45, 7) is 1.93. The number of rotatable bonds is 4. The normalized spacial score (nSPS) is 21.7. The molecule has 0 spiro atoms. The van der Waals surface area contributed by atoms with Gasteiger partial charge in [0, 0.05) is 30.7 Å². The lowest BCUT2D eigenvalue weighted by molar-refractivity contribution is 0.0822. The number of hydrogen-bond acceptors (Lipinski definition) is 4. The van der Waals surface area contributed by atoms with Crippen LogP contribution in [0.1, 0.15) is 34.3 Å². The van der Waals surface area contributed by atoms with Gasteiger partial charge in [-0.1, -0.05) is 18.2 Å². The molecule has 2 aliphatic rings. The molecule has 2 aromatic carbocycles. The van der Waals surface area contributed by atoms with Gasteiger partial charge < -0.3 is 14.8 Å². The maximum atomic E-state index is 12.5.